The molecule has 0 spiro atoms. The molecular formula is C12H24N4O2. The monoisotopic (exact) mass is 256 g/mol. The molecule has 6 nitrogen and oxygen atoms in total. The van der Waals surface area contributed by atoms with E-state index in [1.807, 2.05) is 18.9 Å². The highest BCUT2D eigenvalue weighted by atomic mass is 16.2. The maximum Gasteiger partial charge on any atom is 0.321 e. The third-order valence-corrected chi connectivity index (χ3v) is 3.90. The largest absolute Gasteiger partial charge is 0.341 e. The summed E-state index contributed by atoms with van der Waals surface area (Å²) in [6, 6.07) is -0.470. The van der Waals surface area contributed by atoms with E-state index in [0.29, 0.717) is 18.5 Å². The van der Waals surface area contributed by atoms with Gasteiger partial charge in [-0.05, 0) is 39.3 Å². The first-order chi connectivity index (χ1) is 8.51. The summed E-state index contributed by atoms with van der Waals surface area (Å²) in [7, 11) is 3.41. The second kappa shape index (κ2) is 6.70. The van der Waals surface area contributed by atoms with E-state index in [2.05, 4.69) is 10.6 Å². The second-order valence-corrected chi connectivity index (χ2v) is 4.90. The normalized spacial score (nSPS) is 24.9. The Labute approximate surface area is 108 Å². The molecule has 104 valence electrons. The average Bonchev–Trinajstić information content (AvgIpc) is 2.84. The summed E-state index contributed by atoms with van der Waals surface area (Å²) >= 11 is 0. The predicted molar refractivity (Wildman–Crippen MR) is 70.0 cm³/mol. The van der Waals surface area contributed by atoms with Crippen molar-refractivity contribution in [2.45, 2.75) is 38.3 Å². The molecule has 0 saturated heterocycles. The Morgan fingerprint density at radius 2 is 2.11 bits per heavy atom. The molecule has 1 fully saturated rings. The van der Waals surface area contributed by atoms with E-state index in [4.69, 9.17) is 5.73 Å². The highest BCUT2D eigenvalue weighted by molar-refractivity contribution is 5.96. The number of likely N-dealkylation sites (N-methyl/N-ethyl adjacent to an activating group) is 1. The van der Waals surface area contributed by atoms with Gasteiger partial charge >= 0.3 is 6.03 Å². The summed E-state index contributed by atoms with van der Waals surface area (Å²) in [6.07, 6.45) is 3.34. The molecule has 0 bridgehead atoms. The van der Waals surface area contributed by atoms with Gasteiger partial charge in [0.05, 0.1) is 6.04 Å². The maximum atomic E-state index is 11.9. The molecule has 18 heavy (non-hydrogen) atoms. The van der Waals surface area contributed by atoms with E-state index < -0.39 is 6.03 Å². The number of nitrogens with one attached hydrogen (secondary N) is 2. The minimum absolute atomic E-state index is 0.278. The standard InChI is InChI=1S/C12H24N4O2/c1-8(11(17)15-12(18)14-2)16(3)10-6-4-5-9(10)7-13/h8-10H,4-7,13H2,1-3H3,(H2,14,15,17,18). The molecule has 0 aromatic rings. The minimum atomic E-state index is -0.470. The van der Waals surface area contributed by atoms with Crippen LogP contribution in [0.3, 0.4) is 0 Å². The summed E-state index contributed by atoms with van der Waals surface area (Å²) < 4.78 is 0. The summed E-state index contributed by atoms with van der Waals surface area (Å²) in [5, 5.41) is 4.67. The van der Waals surface area contributed by atoms with Crippen molar-refractivity contribution in [2.24, 2.45) is 11.7 Å². The van der Waals surface area contributed by atoms with Crippen LogP contribution in [0.5, 0.6) is 0 Å². The number of imide groups is 1. The number of rotatable bonds is 4. The van der Waals surface area contributed by atoms with Crippen LogP contribution in [-0.4, -0.2) is 49.6 Å². The number of hydrogen-bond donors (Lipinski definition) is 3. The van der Waals surface area contributed by atoms with Crippen molar-refractivity contribution in [1.82, 2.24) is 15.5 Å². The van der Waals surface area contributed by atoms with Crippen molar-refractivity contribution in [3.63, 3.8) is 0 Å². The molecule has 0 radical (unpaired) electrons. The number of carbonyl (C=O) groups is 2. The van der Waals surface area contributed by atoms with Gasteiger partial charge < -0.3 is 11.1 Å². The van der Waals surface area contributed by atoms with Crippen LogP contribution in [-0.2, 0) is 4.79 Å². The third kappa shape index (κ3) is 3.43. The van der Waals surface area contributed by atoms with Crippen molar-refractivity contribution in [2.75, 3.05) is 20.6 Å². The molecule has 0 aromatic heterocycles. The zero-order valence-corrected chi connectivity index (χ0v) is 11.4. The van der Waals surface area contributed by atoms with Gasteiger partial charge in [-0.25, -0.2) is 4.79 Å². The van der Waals surface area contributed by atoms with E-state index in [1.165, 1.54) is 7.05 Å². The Kier molecular flexibility index (Phi) is 5.55. The van der Waals surface area contributed by atoms with E-state index in [1.54, 1.807) is 0 Å². The minimum Gasteiger partial charge on any atom is -0.341 e. The molecule has 3 unspecified atom stereocenters. The van der Waals surface area contributed by atoms with Crippen LogP contribution in [0.1, 0.15) is 26.2 Å². The Bertz CT molecular complexity index is 308. The van der Waals surface area contributed by atoms with Gasteiger partial charge in [-0.3, -0.25) is 15.0 Å². The molecule has 6 heteroatoms. The molecule has 0 aliphatic heterocycles. The SMILES string of the molecule is CNC(=O)NC(=O)C(C)N(C)C1CCCC1CN. The predicted octanol–water partition coefficient (Wildman–Crippen LogP) is -0.110. The molecule has 4 N–H and O–H groups in total. The maximum absolute atomic E-state index is 11.9. The fourth-order valence-electron chi connectivity index (χ4n) is 2.58. The lowest BCUT2D eigenvalue weighted by Gasteiger charge is -2.33. The van der Waals surface area contributed by atoms with Crippen molar-refractivity contribution >= 4 is 11.9 Å². The van der Waals surface area contributed by atoms with Gasteiger partial charge in [0.25, 0.3) is 0 Å². The van der Waals surface area contributed by atoms with Gasteiger partial charge in [-0.2, -0.15) is 0 Å². The first-order valence-electron chi connectivity index (χ1n) is 6.45. The molecule has 0 aromatic carbocycles. The number of urea groups is 1. The van der Waals surface area contributed by atoms with Crippen LogP contribution < -0.4 is 16.4 Å². The molecule has 1 aliphatic carbocycles. The fraction of sp³-hybridized carbons (Fsp3) is 0.833. The number of carbonyl (C=O) groups excluding carboxylic acids is 2. The topological polar surface area (TPSA) is 87.5 Å². The average molecular weight is 256 g/mol. The Hall–Kier alpha value is -1.14. The molecule has 1 saturated carbocycles. The lowest BCUT2D eigenvalue weighted by Crippen LogP contribution is -2.52. The van der Waals surface area contributed by atoms with Gasteiger partial charge in [-0.1, -0.05) is 6.42 Å². The fourth-order valence-corrected chi connectivity index (χ4v) is 2.58. The Balaban J connectivity index is 2.57. The van der Waals surface area contributed by atoms with Crippen LogP contribution >= 0.6 is 0 Å². The first-order valence-corrected chi connectivity index (χ1v) is 6.45. The van der Waals surface area contributed by atoms with E-state index in [-0.39, 0.29) is 11.9 Å². The molecule has 1 aliphatic rings. The van der Waals surface area contributed by atoms with Gasteiger partial charge in [-0.15, -0.1) is 0 Å². The van der Waals surface area contributed by atoms with Crippen LogP contribution in [0.15, 0.2) is 0 Å². The van der Waals surface area contributed by atoms with Crippen LogP contribution in [0.4, 0.5) is 4.79 Å². The molecular weight excluding hydrogens is 232 g/mol. The molecule has 3 amide bonds. The highest BCUT2D eigenvalue weighted by Gasteiger charge is 2.33. The van der Waals surface area contributed by atoms with E-state index >= 15 is 0 Å². The van der Waals surface area contributed by atoms with E-state index in [9.17, 15) is 9.59 Å². The lowest BCUT2D eigenvalue weighted by atomic mass is 10.0. The number of amides is 3. The van der Waals surface area contributed by atoms with Crippen LogP contribution in [0.2, 0.25) is 0 Å². The van der Waals surface area contributed by atoms with Crippen molar-refractivity contribution < 1.29 is 9.59 Å². The quantitative estimate of drug-likeness (QED) is 0.655. The van der Waals surface area contributed by atoms with Crippen molar-refractivity contribution in [1.29, 1.82) is 0 Å². The van der Waals surface area contributed by atoms with Gasteiger partial charge in [0, 0.05) is 13.1 Å². The summed E-state index contributed by atoms with van der Waals surface area (Å²) in [6.45, 7) is 2.46. The zero-order valence-electron chi connectivity index (χ0n) is 11.4. The molecule has 3 atom stereocenters. The Morgan fingerprint density at radius 1 is 1.44 bits per heavy atom. The highest BCUT2D eigenvalue weighted by Crippen LogP contribution is 2.29. The zero-order chi connectivity index (χ0) is 13.7. The molecule has 0 heterocycles. The number of nitrogens with zero attached hydrogens (tertiary/aromatic N) is 1. The lowest BCUT2D eigenvalue weighted by molar-refractivity contribution is -0.125. The second-order valence-electron chi connectivity index (χ2n) is 4.90. The van der Waals surface area contributed by atoms with Gasteiger partial charge in [0.1, 0.15) is 0 Å². The summed E-state index contributed by atoms with van der Waals surface area (Å²) in [5.74, 6) is 0.171. The molecule has 1 rings (SSSR count). The summed E-state index contributed by atoms with van der Waals surface area (Å²) in [5.41, 5.74) is 5.75. The third-order valence-electron chi connectivity index (χ3n) is 3.90. The Morgan fingerprint density at radius 3 is 2.67 bits per heavy atom. The number of hydrogen-bond acceptors (Lipinski definition) is 4. The first kappa shape index (κ1) is 14.9. The van der Waals surface area contributed by atoms with Crippen molar-refractivity contribution in [3.05, 3.63) is 0 Å². The van der Waals surface area contributed by atoms with E-state index in [0.717, 1.165) is 19.3 Å². The number of nitrogens with two attached hydrogens (primary N) is 1. The van der Waals surface area contributed by atoms with Crippen molar-refractivity contribution in [3.8, 4) is 0 Å². The summed E-state index contributed by atoms with van der Waals surface area (Å²) in [4.78, 5) is 25.0. The van der Waals surface area contributed by atoms with Crippen LogP contribution in [0.25, 0.3) is 0 Å². The van der Waals surface area contributed by atoms with Gasteiger partial charge in [0.15, 0.2) is 0 Å². The van der Waals surface area contributed by atoms with Gasteiger partial charge in [0.2, 0.25) is 5.91 Å². The smallest absolute Gasteiger partial charge is 0.321 e. The van der Waals surface area contributed by atoms with Crippen LogP contribution in [0, 0.1) is 5.92 Å².